The summed E-state index contributed by atoms with van der Waals surface area (Å²) in [5.74, 6) is 0.908. The Morgan fingerprint density at radius 2 is 1.78 bits per heavy atom. The van der Waals surface area contributed by atoms with E-state index in [1.54, 1.807) is 0 Å². The lowest BCUT2D eigenvalue weighted by Crippen LogP contribution is -2.45. The second kappa shape index (κ2) is 3.76. The molecule has 2 saturated carbocycles. The monoisotopic (exact) mass is 243 g/mol. The second-order valence-corrected chi connectivity index (χ2v) is 7.36. The molecule has 1 aromatic carbocycles. The van der Waals surface area contributed by atoms with Crippen molar-refractivity contribution in [1.82, 2.24) is 0 Å². The molecule has 98 valence electrons. The highest BCUT2D eigenvalue weighted by molar-refractivity contribution is 5.47. The number of nitrogens with one attached hydrogen (secondary N) is 1. The fourth-order valence-corrected chi connectivity index (χ4v) is 4.48. The van der Waals surface area contributed by atoms with Crippen LogP contribution in [0.2, 0.25) is 0 Å². The van der Waals surface area contributed by atoms with E-state index in [4.69, 9.17) is 0 Å². The predicted octanol–water partition coefficient (Wildman–Crippen LogP) is 4.62. The lowest BCUT2D eigenvalue weighted by Gasteiger charge is -2.43. The van der Waals surface area contributed by atoms with Gasteiger partial charge in [0, 0.05) is 11.7 Å². The average molecular weight is 243 g/mol. The number of rotatable bonds is 2. The van der Waals surface area contributed by atoms with Crippen molar-refractivity contribution in [1.29, 1.82) is 0 Å². The van der Waals surface area contributed by atoms with Crippen molar-refractivity contribution < 1.29 is 0 Å². The first-order chi connectivity index (χ1) is 8.42. The minimum atomic E-state index is 0.428. The topological polar surface area (TPSA) is 12.0 Å². The number of benzene rings is 1. The minimum absolute atomic E-state index is 0.428. The summed E-state index contributed by atoms with van der Waals surface area (Å²) in [6.07, 6.45) is 4.23. The van der Waals surface area contributed by atoms with E-state index >= 15 is 0 Å². The van der Waals surface area contributed by atoms with Gasteiger partial charge >= 0.3 is 0 Å². The summed E-state index contributed by atoms with van der Waals surface area (Å²) in [4.78, 5) is 0. The van der Waals surface area contributed by atoms with Crippen LogP contribution in [0.15, 0.2) is 24.3 Å². The van der Waals surface area contributed by atoms with Gasteiger partial charge in [0.1, 0.15) is 0 Å². The summed E-state index contributed by atoms with van der Waals surface area (Å²) < 4.78 is 0. The van der Waals surface area contributed by atoms with Crippen molar-refractivity contribution in [3.8, 4) is 0 Å². The molecule has 1 aromatic rings. The van der Waals surface area contributed by atoms with Crippen molar-refractivity contribution in [3.05, 3.63) is 29.8 Å². The smallest absolute Gasteiger partial charge is 0.0368 e. The fourth-order valence-electron chi connectivity index (χ4n) is 4.48. The van der Waals surface area contributed by atoms with E-state index in [1.807, 2.05) is 0 Å². The summed E-state index contributed by atoms with van der Waals surface area (Å²) in [5.41, 5.74) is 3.54. The molecule has 1 nitrogen and oxygen atoms in total. The van der Waals surface area contributed by atoms with Gasteiger partial charge in [0.2, 0.25) is 0 Å². The number of aryl methyl sites for hydroxylation is 1. The van der Waals surface area contributed by atoms with Crippen LogP contribution in [-0.4, -0.2) is 6.04 Å². The van der Waals surface area contributed by atoms with Crippen LogP contribution >= 0.6 is 0 Å². The molecule has 0 aromatic heterocycles. The summed E-state index contributed by atoms with van der Waals surface area (Å²) >= 11 is 0. The van der Waals surface area contributed by atoms with Crippen molar-refractivity contribution in [3.63, 3.8) is 0 Å². The first-order valence-corrected chi connectivity index (χ1v) is 7.25. The molecule has 0 amide bonds. The van der Waals surface area contributed by atoms with Gasteiger partial charge in [0.25, 0.3) is 0 Å². The normalized spacial score (nSPS) is 36.9. The molecule has 3 atom stereocenters. The third kappa shape index (κ3) is 1.67. The van der Waals surface area contributed by atoms with Crippen LogP contribution in [0, 0.1) is 23.7 Å². The van der Waals surface area contributed by atoms with Crippen molar-refractivity contribution in [2.75, 3.05) is 5.32 Å². The molecule has 0 radical (unpaired) electrons. The molecule has 2 bridgehead atoms. The van der Waals surface area contributed by atoms with Crippen LogP contribution in [0.1, 0.15) is 45.6 Å². The molecule has 0 aliphatic heterocycles. The molecule has 0 spiro atoms. The van der Waals surface area contributed by atoms with Crippen LogP contribution in [0.4, 0.5) is 5.69 Å². The molecule has 3 unspecified atom stereocenters. The van der Waals surface area contributed by atoms with Crippen LogP contribution in [0.3, 0.4) is 0 Å². The highest BCUT2D eigenvalue weighted by Gasteiger charge is 2.59. The summed E-state index contributed by atoms with van der Waals surface area (Å²) in [7, 11) is 0. The van der Waals surface area contributed by atoms with Crippen molar-refractivity contribution in [2.24, 2.45) is 16.7 Å². The molecule has 0 saturated heterocycles. The maximum atomic E-state index is 3.83. The quantitative estimate of drug-likeness (QED) is 0.799. The average Bonchev–Trinajstić information content (AvgIpc) is 2.78. The van der Waals surface area contributed by atoms with Gasteiger partial charge in [-0.2, -0.15) is 0 Å². The molecule has 2 aliphatic carbocycles. The van der Waals surface area contributed by atoms with Gasteiger partial charge in [0.15, 0.2) is 0 Å². The zero-order valence-corrected chi connectivity index (χ0v) is 12.1. The van der Waals surface area contributed by atoms with Crippen LogP contribution in [0.25, 0.3) is 0 Å². The number of hydrogen-bond acceptors (Lipinski definition) is 1. The van der Waals surface area contributed by atoms with Crippen LogP contribution in [-0.2, 0) is 0 Å². The minimum Gasteiger partial charge on any atom is -0.381 e. The third-order valence-corrected chi connectivity index (χ3v) is 5.63. The molecule has 18 heavy (non-hydrogen) atoms. The molecule has 1 N–H and O–H groups in total. The highest BCUT2D eigenvalue weighted by atomic mass is 15.0. The van der Waals surface area contributed by atoms with Gasteiger partial charge in [-0.3, -0.25) is 0 Å². The highest BCUT2D eigenvalue weighted by Crippen LogP contribution is 2.63. The fraction of sp³-hybridized carbons (Fsp3) is 0.647. The molecule has 3 rings (SSSR count). The Morgan fingerprint density at radius 1 is 1.11 bits per heavy atom. The van der Waals surface area contributed by atoms with E-state index in [9.17, 15) is 0 Å². The van der Waals surface area contributed by atoms with Gasteiger partial charge in [-0.05, 0) is 55.1 Å². The zero-order valence-electron chi connectivity index (χ0n) is 12.1. The summed E-state index contributed by atoms with van der Waals surface area (Å²) in [5, 5.41) is 3.83. The third-order valence-electron chi connectivity index (χ3n) is 5.63. The number of anilines is 1. The maximum Gasteiger partial charge on any atom is 0.0368 e. The summed E-state index contributed by atoms with van der Waals surface area (Å²) in [6.45, 7) is 9.53. The predicted molar refractivity (Wildman–Crippen MR) is 77.8 cm³/mol. The molecule has 2 fully saturated rings. The first kappa shape index (κ1) is 12.1. The van der Waals surface area contributed by atoms with Crippen molar-refractivity contribution >= 4 is 5.69 Å². The lowest BCUT2D eigenvalue weighted by atomic mass is 9.68. The van der Waals surface area contributed by atoms with E-state index < -0.39 is 0 Å². The molecule has 1 heteroatoms. The van der Waals surface area contributed by atoms with Gasteiger partial charge in [0.05, 0.1) is 0 Å². The molecule has 0 heterocycles. The first-order valence-electron chi connectivity index (χ1n) is 7.25. The molecular weight excluding hydrogens is 218 g/mol. The Morgan fingerprint density at radius 3 is 2.33 bits per heavy atom. The van der Waals surface area contributed by atoms with Crippen LogP contribution < -0.4 is 5.32 Å². The van der Waals surface area contributed by atoms with Crippen molar-refractivity contribution in [2.45, 2.75) is 53.0 Å². The van der Waals surface area contributed by atoms with Gasteiger partial charge in [-0.15, -0.1) is 0 Å². The Balaban J connectivity index is 1.86. The number of hydrogen-bond donors (Lipinski definition) is 1. The van der Waals surface area contributed by atoms with E-state index in [-0.39, 0.29) is 0 Å². The van der Waals surface area contributed by atoms with Gasteiger partial charge < -0.3 is 5.32 Å². The van der Waals surface area contributed by atoms with Gasteiger partial charge in [-0.25, -0.2) is 0 Å². The summed E-state index contributed by atoms with van der Waals surface area (Å²) in [6, 6.07) is 9.46. The molecule has 2 aliphatic rings. The Bertz CT molecular complexity index is 440. The molecular formula is C17H25N. The SMILES string of the molecule is Cc1ccc(NC2C3(C)CCC(C3)C2(C)C)cc1. The van der Waals surface area contributed by atoms with E-state index in [0.717, 1.165) is 5.92 Å². The maximum absolute atomic E-state index is 3.83. The Kier molecular flexibility index (Phi) is 2.52. The Hall–Kier alpha value is -0.980. The van der Waals surface area contributed by atoms with E-state index in [0.29, 0.717) is 16.9 Å². The second-order valence-electron chi connectivity index (χ2n) is 7.36. The zero-order chi connectivity index (χ0) is 13.0. The standard InChI is InChI=1S/C17H25N/c1-12-5-7-14(8-6-12)18-15-16(2,3)13-9-10-17(15,4)11-13/h5-8,13,15,18H,9-11H2,1-4H3. The van der Waals surface area contributed by atoms with E-state index in [1.165, 1.54) is 30.5 Å². The van der Waals surface area contributed by atoms with Crippen LogP contribution in [0.5, 0.6) is 0 Å². The number of fused-ring (bicyclic) bond motifs is 2. The lowest BCUT2D eigenvalue weighted by molar-refractivity contribution is 0.155. The van der Waals surface area contributed by atoms with E-state index in [2.05, 4.69) is 57.3 Å². The van der Waals surface area contributed by atoms with Gasteiger partial charge in [-0.1, -0.05) is 38.5 Å². The largest absolute Gasteiger partial charge is 0.381 e. The Labute approximate surface area is 111 Å².